The lowest BCUT2D eigenvalue weighted by molar-refractivity contribution is 0.0357. The van der Waals surface area contributed by atoms with E-state index in [2.05, 4.69) is 26.0 Å². The summed E-state index contributed by atoms with van der Waals surface area (Å²) in [6.45, 7) is 7.39. The minimum absolute atomic E-state index is 0.134. The van der Waals surface area contributed by atoms with Crippen molar-refractivity contribution in [1.29, 1.82) is 0 Å². The van der Waals surface area contributed by atoms with Crippen LogP contribution in [-0.2, 0) is 11.2 Å². The molecule has 3 heteroatoms. The van der Waals surface area contributed by atoms with Crippen molar-refractivity contribution < 1.29 is 9.47 Å². The number of benzene rings is 1. The molecule has 0 spiro atoms. The van der Waals surface area contributed by atoms with Crippen molar-refractivity contribution in [2.24, 2.45) is 5.73 Å². The van der Waals surface area contributed by atoms with Crippen molar-refractivity contribution in [3.63, 3.8) is 0 Å². The van der Waals surface area contributed by atoms with Gasteiger partial charge in [-0.15, -0.1) is 0 Å². The smallest absolute Gasteiger partial charge is 0.126 e. The molecule has 0 saturated carbocycles. The highest BCUT2D eigenvalue weighted by Gasteiger charge is 2.24. The zero-order valence-electron chi connectivity index (χ0n) is 11.5. The minimum atomic E-state index is -0.234. The van der Waals surface area contributed by atoms with Gasteiger partial charge in [-0.2, -0.15) is 0 Å². The molecule has 2 unspecified atom stereocenters. The molecule has 1 aliphatic rings. The van der Waals surface area contributed by atoms with Crippen molar-refractivity contribution in [3.05, 3.63) is 29.3 Å². The van der Waals surface area contributed by atoms with E-state index in [1.54, 1.807) is 0 Å². The monoisotopic (exact) mass is 249 g/mol. The summed E-state index contributed by atoms with van der Waals surface area (Å²) in [4.78, 5) is 0. The summed E-state index contributed by atoms with van der Waals surface area (Å²) in [5.74, 6) is 1.00. The van der Waals surface area contributed by atoms with Crippen molar-refractivity contribution in [3.8, 4) is 5.75 Å². The van der Waals surface area contributed by atoms with Gasteiger partial charge in [-0.1, -0.05) is 24.6 Å². The maximum atomic E-state index is 6.04. The molecule has 0 aliphatic carbocycles. The Bertz CT molecular complexity index is 415. The third-order valence-electron chi connectivity index (χ3n) is 3.50. The average molecular weight is 249 g/mol. The van der Waals surface area contributed by atoms with Gasteiger partial charge in [0, 0.05) is 12.0 Å². The molecule has 3 nitrogen and oxygen atoms in total. The molecule has 100 valence electrons. The highest BCUT2D eigenvalue weighted by atomic mass is 16.5. The topological polar surface area (TPSA) is 44.5 Å². The number of hydrogen-bond acceptors (Lipinski definition) is 3. The zero-order valence-corrected chi connectivity index (χ0v) is 11.5. The van der Waals surface area contributed by atoms with E-state index in [1.165, 1.54) is 11.1 Å². The molecule has 1 aromatic rings. The first-order valence-electron chi connectivity index (χ1n) is 6.63. The van der Waals surface area contributed by atoms with Gasteiger partial charge in [0.05, 0.1) is 13.2 Å². The first-order chi connectivity index (χ1) is 8.50. The van der Waals surface area contributed by atoms with E-state index in [4.69, 9.17) is 15.2 Å². The second-order valence-corrected chi connectivity index (χ2v) is 5.58. The second-order valence-electron chi connectivity index (χ2n) is 5.58. The van der Waals surface area contributed by atoms with E-state index in [0.717, 1.165) is 18.6 Å². The highest BCUT2D eigenvalue weighted by molar-refractivity contribution is 5.40. The van der Waals surface area contributed by atoms with Gasteiger partial charge in [-0.25, -0.2) is 0 Å². The molecule has 2 atom stereocenters. The molecule has 0 bridgehead atoms. The van der Waals surface area contributed by atoms with Crippen LogP contribution >= 0.6 is 0 Å². The molecular weight excluding hydrogens is 226 g/mol. The van der Waals surface area contributed by atoms with Gasteiger partial charge in [-0.3, -0.25) is 0 Å². The van der Waals surface area contributed by atoms with Crippen LogP contribution in [0.2, 0.25) is 0 Å². The number of ether oxygens (including phenoxy) is 2. The Kier molecular flexibility index (Phi) is 3.93. The Hall–Kier alpha value is -1.06. The molecular formula is C15H23NO2. The van der Waals surface area contributed by atoms with E-state index in [9.17, 15) is 0 Å². The average Bonchev–Trinajstić information content (AvgIpc) is 2.70. The number of fused-ring (bicyclic) bond motifs is 1. The largest absolute Gasteiger partial charge is 0.487 e. The van der Waals surface area contributed by atoms with Crippen LogP contribution < -0.4 is 10.5 Å². The summed E-state index contributed by atoms with van der Waals surface area (Å²) in [6.07, 6.45) is 1.98. The minimum Gasteiger partial charge on any atom is -0.487 e. The summed E-state index contributed by atoms with van der Waals surface area (Å²) < 4.78 is 11.5. The lowest BCUT2D eigenvalue weighted by atomic mass is 10.0. The van der Waals surface area contributed by atoms with Crippen LogP contribution in [0, 0.1) is 6.92 Å². The van der Waals surface area contributed by atoms with E-state index in [-0.39, 0.29) is 11.6 Å². The summed E-state index contributed by atoms with van der Waals surface area (Å²) in [5.41, 5.74) is 8.37. The van der Waals surface area contributed by atoms with Crippen LogP contribution in [0.4, 0.5) is 0 Å². The Morgan fingerprint density at radius 1 is 1.50 bits per heavy atom. The van der Waals surface area contributed by atoms with Crippen LogP contribution in [0.5, 0.6) is 5.75 Å². The molecule has 0 radical (unpaired) electrons. The maximum absolute atomic E-state index is 6.04. The molecule has 0 aromatic heterocycles. The van der Waals surface area contributed by atoms with Gasteiger partial charge in [0.2, 0.25) is 0 Å². The fourth-order valence-corrected chi connectivity index (χ4v) is 2.07. The van der Waals surface area contributed by atoms with Gasteiger partial charge in [0.1, 0.15) is 11.9 Å². The van der Waals surface area contributed by atoms with E-state index >= 15 is 0 Å². The third kappa shape index (κ3) is 3.24. The van der Waals surface area contributed by atoms with Crippen molar-refractivity contribution >= 4 is 0 Å². The summed E-state index contributed by atoms with van der Waals surface area (Å²) in [7, 11) is 0. The molecule has 1 aromatic carbocycles. The molecule has 1 heterocycles. The first-order valence-corrected chi connectivity index (χ1v) is 6.63. The lowest BCUT2D eigenvalue weighted by Crippen LogP contribution is -2.41. The fraction of sp³-hybridized carbons (Fsp3) is 0.600. The number of aryl methyl sites for hydroxylation is 1. The van der Waals surface area contributed by atoms with Gasteiger partial charge in [-0.05, 0) is 31.9 Å². The van der Waals surface area contributed by atoms with Crippen molar-refractivity contribution in [2.45, 2.75) is 45.3 Å². The van der Waals surface area contributed by atoms with Crippen molar-refractivity contribution in [1.82, 2.24) is 0 Å². The first kappa shape index (κ1) is 13.4. The van der Waals surface area contributed by atoms with Crippen molar-refractivity contribution in [2.75, 3.05) is 13.2 Å². The second kappa shape index (κ2) is 5.29. The van der Waals surface area contributed by atoms with E-state index in [1.807, 2.05) is 13.0 Å². The van der Waals surface area contributed by atoms with Gasteiger partial charge < -0.3 is 15.2 Å². The Balaban J connectivity index is 1.81. The fourth-order valence-electron chi connectivity index (χ4n) is 2.07. The van der Waals surface area contributed by atoms with E-state index < -0.39 is 0 Å². The lowest BCUT2D eigenvalue weighted by Gasteiger charge is -2.23. The third-order valence-corrected chi connectivity index (χ3v) is 3.50. The van der Waals surface area contributed by atoms with Crippen LogP contribution in [0.3, 0.4) is 0 Å². The van der Waals surface area contributed by atoms with Crippen LogP contribution in [-0.4, -0.2) is 24.9 Å². The molecule has 18 heavy (non-hydrogen) atoms. The van der Waals surface area contributed by atoms with Crippen LogP contribution in [0.15, 0.2) is 18.2 Å². The number of nitrogens with two attached hydrogens (primary N) is 1. The molecule has 1 aliphatic heterocycles. The summed E-state index contributed by atoms with van der Waals surface area (Å²) >= 11 is 0. The molecule has 2 rings (SSSR count). The SMILES string of the molecule is CCC(C)(N)COCC1Cc2cc(C)ccc2O1. The standard InChI is InChI=1S/C15H23NO2/c1-4-15(3,16)10-17-9-13-8-12-7-11(2)5-6-14(12)18-13/h5-7,13H,4,8-10,16H2,1-3H3. The summed E-state index contributed by atoms with van der Waals surface area (Å²) in [6, 6.07) is 6.31. The summed E-state index contributed by atoms with van der Waals surface area (Å²) in [5, 5.41) is 0. The Morgan fingerprint density at radius 3 is 3.00 bits per heavy atom. The molecule has 0 saturated heterocycles. The highest BCUT2D eigenvalue weighted by Crippen LogP contribution is 2.29. The predicted molar refractivity (Wildman–Crippen MR) is 73.0 cm³/mol. The molecule has 0 amide bonds. The maximum Gasteiger partial charge on any atom is 0.126 e. The van der Waals surface area contributed by atoms with Gasteiger partial charge >= 0.3 is 0 Å². The quantitative estimate of drug-likeness (QED) is 0.871. The normalized spacial score (nSPS) is 21.2. The Morgan fingerprint density at radius 2 is 2.28 bits per heavy atom. The number of hydrogen-bond donors (Lipinski definition) is 1. The Labute approximate surface area is 109 Å². The predicted octanol–water partition coefficient (Wildman–Crippen LogP) is 2.44. The van der Waals surface area contributed by atoms with Crippen LogP contribution in [0.25, 0.3) is 0 Å². The van der Waals surface area contributed by atoms with Gasteiger partial charge in [0.15, 0.2) is 0 Å². The molecule has 0 fully saturated rings. The molecule has 2 N–H and O–H groups in total. The van der Waals surface area contributed by atoms with Crippen LogP contribution in [0.1, 0.15) is 31.4 Å². The zero-order chi connectivity index (χ0) is 13.2. The number of rotatable bonds is 5. The van der Waals surface area contributed by atoms with Gasteiger partial charge in [0.25, 0.3) is 0 Å². The van der Waals surface area contributed by atoms with E-state index in [0.29, 0.717) is 13.2 Å².